The van der Waals surface area contributed by atoms with Crippen molar-refractivity contribution in [3.8, 4) is 0 Å². The predicted octanol–water partition coefficient (Wildman–Crippen LogP) is 1.11. The Kier molecular flexibility index (Phi) is 4.48. The van der Waals surface area contributed by atoms with Crippen LogP contribution in [0.4, 0.5) is 10.1 Å². The maximum atomic E-state index is 13.7. The smallest absolute Gasteiger partial charge is 0.337 e. The molecule has 1 aromatic carbocycles. The van der Waals surface area contributed by atoms with Gasteiger partial charge in [0.15, 0.2) is 5.76 Å². The number of hydrogen-bond donors (Lipinski definition) is 2. The molecule has 0 aliphatic heterocycles. The molecule has 0 aliphatic carbocycles. The zero-order valence-electron chi connectivity index (χ0n) is 11.7. The Morgan fingerprint density at radius 3 is 2.52 bits per heavy atom. The minimum Gasteiger partial charge on any atom is -0.465 e. The quantitative estimate of drug-likeness (QED) is 0.801. The summed E-state index contributed by atoms with van der Waals surface area (Å²) in [6.07, 6.45) is 0. The van der Waals surface area contributed by atoms with E-state index in [1.807, 2.05) is 0 Å². The summed E-state index contributed by atoms with van der Waals surface area (Å²) in [5, 5.41) is 6.41. The van der Waals surface area contributed by atoms with E-state index in [9.17, 15) is 22.4 Å². The van der Waals surface area contributed by atoms with E-state index >= 15 is 0 Å². The highest BCUT2D eigenvalue weighted by atomic mass is 32.2. The van der Waals surface area contributed by atoms with Gasteiger partial charge in [-0.05, 0) is 30.3 Å². The summed E-state index contributed by atoms with van der Waals surface area (Å²) in [6.45, 7) is 0. The van der Waals surface area contributed by atoms with Crippen molar-refractivity contribution < 1.29 is 31.6 Å². The molecule has 0 radical (unpaired) electrons. The Hall–Kier alpha value is -2.72. The van der Waals surface area contributed by atoms with Gasteiger partial charge < -0.3 is 14.5 Å². The first-order valence-corrected chi connectivity index (χ1v) is 7.59. The van der Waals surface area contributed by atoms with E-state index in [2.05, 4.69) is 10.1 Å². The molecule has 0 saturated heterocycles. The van der Waals surface area contributed by atoms with E-state index in [-0.39, 0.29) is 11.3 Å². The van der Waals surface area contributed by atoms with Gasteiger partial charge in [0, 0.05) is 0 Å². The molecule has 2 aromatic rings. The van der Waals surface area contributed by atoms with Gasteiger partial charge in [0.25, 0.3) is 15.9 Å². The summed E-state index contributed by atoms with van der Waals surface area (Å²) in [4.78, 5) is 23.3. The van der Waals surface area contributed by atoms with Gasteiger partial charge in [-0.3, -0.25) is 4.79 Å². The van der Waals surface area contributed by atoms with Crippen LogP contribution in [0.15, 0.2) is 39.8 Å². The van der Waals surface area contributed by atoms with E-state index in [0.717, 1.165) is 31.4 Å². The maximum Gasteiger partial charge on any atom is 0.337 e. The van der Waals surface area contributed by atoms with Crippen molar-refractivity contribution in [1.29, 1.82) is 0 Å². The molecule has 0 atom stereocenters. The number of halogens is 1. The van der Waals surface area contributed by atoms with Gasteiger partial charge >= 0.3 is 5.97 Å². The van der Waals surface area contributed by atoms with Crippen LogP contribution in [0.25, 0.3) is 0 Å². The number of primary sulfonamides is 1. The number of esters is 1. The van der Waals surface area contributed by atoms with Crippen LogP contribution in [-0.4, -0.2) is 27.4 Å². The first-order chi connectivity index (χ1) is 10.7. The van der Waals surface area contributed by atoms with E-state index in [1.165, 1.54) is 6.07 Å². The largest absolute Gasteiger partial charge is 0.465 e. The SMILES string of the molecule is COC(=O)c1ccc(F)c(NC(=O)c2ccc(S(N)(=O)=O)o2)c1. The number of rotatable bonds is 4. The topological polar surface area (TPSA) is 129 Å². The van der Waals surface area contributed by atoms with Gasteiger partial charge in [-0.25, -0.2) is 22.7 Å². The minimum atomic E-state index is -4.10. The molecule has 23 heavy (non-hydrogen) atoms. The number of amides is 1. The van der Waals surface area contributed by atoms with Gasteiger partial charge in [-0.1, -0.05) is 0 Å². The Morgan fingerprint density at radius 2 is 1.96 bits per heavy atom. The fourth-order valence-corrected chi connectivity index (χ4v) is 2.11. The van der Waals surface area contributed by atoms with E-state index in [1.54, 1.807) is 0 Å². The Labute approximate surface area is 130 Å². The molecule has 2 rings (SSSR count). The third-order valence-electron chi connectivity index (χ3n) is 2.72. The highest BCUT2D eigenvalue weighted by Gasteiger charge is 2.19. The fourth-order valence-electron chi connectivity index (χ4n) is 1.64. The zero-order valence-corrected chi connectivity index (χ0v) is 12.5. The van der Waals surface area contributed by atoms with Crippen LogP contribution in [0, 0.1) is 5.82 Å². The van der Waals surface area contributed by atoms with Crippen molar-refractivity contribution in [3.63, 3.8) is 0 Å². The average molecular weight is 342 g/mol. The lowest BCUT2D eigenvalue weighted by atomic mass is 10.2. The number of nitrogens with two attached hydrogens (primary N) is 1. The highest BCUT2D eigenvalue weighted by Crippen LogP contribution is 2.19. The number of carbonyl (C=O) groups excluding carboxylic acids is 2. The van der Waals surface area contributed by atoms with Crippen LogP contribution < -0.4 is 10.5 Å². The van der Waals surface area contributed by atoms with Crippen LogP contribution in [0.5, 0.6) is 0 Å². The number of benzene rings is 1. The van der Waals surface area contributed by atoms with Crippen molar-refractivity contribution in [2.75, 3.05) is 12.4 Å². The zero-order chi connectivity index (χ0) is 17.2. The lowest BCUT2D eigenvalue weighted by Crippen LogP contribution is -2.14. The fraction of sp³-hybridized carbons (Fsp3) is 0.0769. The molecule has 1 aromatic heterocycles. The number of sulfonamides is 1. The van der Waals surface area contributed by atoms with E-state index in [0.29, 0.717) is 0 Å². The molecule has 0 fully saturated rings. The van der Waals surface area contributed by atoms with Crippen LogP contribution in [0.1, 0.15) is 20.9 Å². The Balaban J connectivity index is 2.26. The lowest BCUT2D eigenvalue weighted by Gasteiger charge is -2.06. The third-order valence-corrected chi connectivity index (χ3v) is 3.50. The molecule has 0 aliphatic rings. The summed E-state index contributed by atoms with van der Waals surface area (Å²) in [7, 11) is -2.95. The van der Waals surface area contributed by atoms with Gasteiger partial charge in [0.1, 0.15) is 5.82 Å². The highest BCUT2D eigenvalue weighted by molar-refractivity contribution is 7.89. The Bertz CT molecular complexity index is 874. The lowest BCUT2D eigenvalue weighted by molar-refractivity contribution is 0.0600. The second kappa shape index (κ2) is 6.18. The Morgan fingerprint density at radius 1 is 1.26 bits per heavy atom. The molecule has 0 spiro atoms. The molecule has 0 saturated carbocycles. The molecule has 3 N–H and O–H groups in total. The first-order valence-electron chi connectivity index (χ1n) is 6.04. The van der Waals surface area contributed by atoms with Crippen molar-refractivity contribution in [3.05, 3.63) is 47.5 Å². The second-order valence-electron chi connectivity index (χ2n) is 4.30. The molecular weight excluding hydrogens is 331 g/mol. The molecule has 122 valence electrons. The van der Waals surface area contributed by atoms with Crippen LogP contribution in [-0.2, 0) is 14.8 Å². The first kappa shape index (κ1) is 16.6. The van der Waals surface area contributed by atoms with Crippen molar-refractivity contribution >= 4 is 27.6 Å². The van der Waals surface area contributed by atoms with Crippen molar-refractivity contribution in [2.45, 2.75) is 5.09 Å². The van der Waals surface area contributed by atoms with Crippen LogP contribution in [0.3, 0.4) is 0 Å². The standard InChI is InChI=1S/C13H11FN2O6S/c1-21-13(18)7-2-3-8(14)9(6-7)16-12(17)10-4-5-11(22-10)23(15,19)20/h2-6H,1H3,(H,16,17)(H2,15,19,20). The summed E-state index contributed by atoms with van der Waals surface area (Å²) < 4.78 is 45.1. The number of carbonyl (C=O) groups is 2. The maximum absolute atomic E-state index is 13.7. The van der Waals surface area contributed by atoms with Crippen LogP contribution >= 0.6 is 0 Å². The monoisotopic (exact) mass is 342 g/mol. The molecule has 8 nitrogen and oxygen atoms in total. The average Bonchev–Trinajstić information content (AvgIpc) is 2.98. The molecule has 0 unspecified atom stereocenters. The van der Waals surface area contributed by atoms with E-state index < -0.39 is 38.6 Å². The molecule has 0 bridgehead atoms. The van der Waals surface area contributed by atoms with Gasteiger partial charge in [0.05, 0.1) is 18.4 Å². The summed E-state index contributed by atoms with van der Waals surface area (Å²) >= 11 is 0. The van der Waals surface area contributed by atoms with Crippen molar-refractivity contribution in [2.24, 2.45) is 5.14 Å². The molecule has 10 heteroatoms. The van der Waals surface area contributed by atoms with Crippen molar-refractivity contribution in [1.82, 2.24) is 0 Å². The van der Waals surface area contributed by atoms with Gasteiger partial charge in [-0.2, -0.15) is 0 Å². The van der Waals surface area contributed by atoms with Gasteiger partial charge in [-0.15, -0.1) is 0 Å². The normalized spacial score (nSPS) is 11.1. The van der Waals surface area contributed by atoms with Crippen LogP contribution in [0.2, 0.25) is 0 Å². The number of hydrogen-bond acceptors (Lipinski definition) is 6. The number of nitrogens with one attached hydrogen (secondary N) is 1. The predicted molar refractivity (Wildman–Crippen MR) is 75.8 cm³/mol. The number of furan rings is 1. The molecular formula is C13H11FN2O6S. The summed E-state index contributed by atoms with van der Waals surface area (Å²) in [5.74, 6) is -2.82. The number of methoxy groups -OCH3 is 1. The number of anilines is 1. The molecule has 1 amide bonds. The van der Waals surface area contributed by atoms with E-state index in [4.69, 9.17) is 9.56 Å². The third kappa shape index (κ3) is 3.73. The molecule has 1 heterocycles. The second-order valence-corrected chi connectivity index (χ2v) is 5.80. The van der Waals surface area contributed by atoms with Gasteiger partial charge in [0.2, 0.25) is 5.09 Å². The minimum absolute atomic E-state index is 0.0221. The summed E-state index contributed by atoms with van der Waals surface area (Å²) in [5.41, 5.74) is -0.277. The number of ether oxygens (including phenoxy) is 1. The summed E-state index contributed by atoms with van der Waals surface area (Å²) in [6, 6.07) is 5.29.